The Hall–Kier alpha value is -2.14. The minimum atomic E-state index is -1.07. The number of thiophene rings is 1. The van der Waals surface area contributed by atoms with Gasteiger partial charge in [0.1, 0.15) is 0 Å². The number of carbonyl (C=O) groups is 2. The van der Waals surface area contributed by atoms with Crippen molar-refractivity contribution in [2.75, 3.05) is 13.1 Å². The van der Waals surface area contributed by atoms with Crippen molar-refractivity contribution in [2.24, 2.45) is 0 Å². The molecule has 0 atom stereocenters. The van der Waals surface area contributed by atoms with Gasteiger partial charge >= 0.3 is 5.97 Å². The molecular formula is C18H21NO3S. The van der Waals surface area contributed by atoms with Gasteiger partial charge in [-0.3, -0.25) is 4.79 Å². The van der Waals surface area contributed by atoms with Gasteiger partial charge in [0, 0.05) is 13.1 Å². The third-order valence-electron chi connectivity index (χ3n) is 3.61. The van der Waals surface area contributed by atoms with Crippen LogP contribution in [0.1, 0.15) is 47.4 Å². The Labute approximate surface area is 140 Å². The molecule has 1 amide bonds. The normalized spacial score (nSPS) is 10.5. The maximum absolute atomic E-state index is 12.7. The Morgan fingerprint density at radius 1 is 1.04 bits per heavy atom. The second-order valence-corrected chi connectivity index (χ2v) is 6.15. The zero-order valence-electron chi connectivity index (χ0n) is 13.4. The van der Waals surface area contributed by atoms with Crippen molar-refractivity contribution >= 4 is 23.2 Å². The molecule has 122 valence electrons. The van der Waals surface area contributed by atoms with Crippen molar-refractivity contribution in [3.05, 3.63) is 46.2 Å². The number of hydrogen-bond donors (Lipinski definition) is 1. The number of nitrogens with zero attached hydrogens (tertiary/aromatic N) is 1. The Bertz CT molecular complexity index is 674. The summed E-state index contributed by atoms with van der Waals surface area (Å²) in [5.41, 5.74) is 2.11. The summed E-state index contributed by atoms with van der Waals surface area (Å²) in [6.45, 7) is 5.29. The monoisotopic (exact) mass is 331 g/mol. The molecular weight excluding hydrogens is 310 g/mol. The molecule has 5 heteroatoms. The maximum atomic E-state index is 12.7. The number of amides is 1. The standard InChI is InChI=1S/C18H21NO3S/c1-3-8-19(9-4-2)17(20)15-6-5-13(11-16(15)18(21)22)14-7-10-23-12-14/h5-7,10-12H,3-4,8-9H2,1-2H3,(H,21,22). The van der Waals surface area contributed by atoms with Crippen molar-refractivity contribution in [3.63, 3.8) is 0 Å². The van der Waals surface area contributed by atoms with Crippen LogP contribution in [0.25, 0.3) is 11.1 Å². The molecule has 0 spiro atoms. The van der Waals surface area contributed by atoms with Crippen molar-refractivity contribution in [2.45, 2.75) is 26.7 Å². The van der Waals surface area contributed by atoms with E-state index in [9.17, 15) is 14.7 Å². The second-order valence-electron chi connectivity index (χ2n) is 5.37. The predicted molar refractivity (Wildman–Crippen MR) is 93.2 cm³/mol. The van der Waals surface area contributed by atoms with Crippen LogP contribution in [0.2, 0.25) is 0 Å². The SMILES string of the molecule is CCCN(CCC)C(=O)c1ccc(-c2ccsc2)cc1C(=O)O. The summed E-state index contributed by atoms with van der Waals surface area (Å²) in [5, 5.41) is 13.4. The highest BCUT2D eigenvalue weighted by atomic mass is 32.1. The Morgan fingerprint density at radius 3 is 2.26 bits per heavy atom. The van der Waals surface area contributed by atoms with Crippen molar-refractivity contribution in [3.8, 4) is 11.1 Å². The zero-order chi connectivity index (χ0) is 16.8. The zero-order valence-corrected chi connectivity index (χ0v) is 14.2. The molecule has 0 aliphatic heterocycles. The number of carboxylic acid groups (broad SMARTS) is 1. The van der Waals surface area contributed by atoms with Gasteiger partial charge in [-0.1, -0.05) is 19.9 Å². The first kappa shape index (κ1) is 17.2. The fourth-order valence-electron chi connectivity index (χ4n) is 2.54. The topological polar surface area (TPSA) is 57.6 Å². The molecule has 1 aromatic carbocycles. The van der Waals surface area contributed by atoms with Gasteiger partial charge in [-0.25, -0.2) is 4.79 Å². The average Bonchev–Trinajstić information content (AvgIpc) is 3.08. The van der Waals surface area contributed by atoms with Crippen LogP contribution in [0.15, 0.2) is 35.0 Å². The number of hydrogen-bond acceptors (Lipinski definition) is 3. The summed E-state index contributed by atoms with van der Waals surface area (Å²) in [6, 6.07) is 6.98. The smallest absolute Gasteiger partial charge is 0.336 e. The Balaban J connectivity index is 2.41. The van der Waals surface area contributed by atoms with Crippen molar-refractivity contribution in [1.82, 2.24) is 4.90 Å². The van der Waals surface area contributed by atoms with Gasteiger partial charge in [0.15, 0.2) is 0 Å². The molecule has 2 aromatic rings. The van der Waals surface area contributed by atoms with E-state index in [4.69, 9.17) is 0 Å². The third kappa shape index (κ3) is 3.99. The molecule has 1 heterocycles. The summed E-state index contributed by atoms with van der Waals surface area (Å²) >= 11 is 1.55. The van der Waals surface area contributed by atoms with E-state index in [1.165, 1.54) is 0 Å². The lowest BCUT2D eigenvalue weighted by Crippen LogP contribution is -2.33. The lowest BCUT2D eigenvalue weighted by Gasteiger charge is -2.22. The van der Waals surface area contributed by atoms with Gasteiger partial charge < -0.3 is 10.0 Å². The fraction of sp³-hybridized carbons (Fsp3) is 0.333. The van der Waals surface area contributed by atoms with Crippen LogP contribution in [0.3, 0.4) is 0 Å². The summed E-state index contributed by atoms with van der Waals surface area (Å²) in [7, 11) is 0. The number of aromatic carboxylic acids is 1. The highest BCUT2D eigenvalue weighted by Gasteiger charge is 2.21. The molecule has 0 bridgehead atoms. The third-order valence-corrected chi connectivity index (χ3v) is 4.29. The first-order chi connectivity index (χ1) is 11.1. The van der Waals surface area contributed by atoms with Gasteiger partial charge in [0.2, 0.25) is 0 Å². The highest BCUT2D eigenvalue weighted by Crippen LogP contribution is 2.25. The molecule has 1 N–H and O–H groups in total. The van der Waals surface area contributed by atoms with Gasteiger partial charge in [0.05, 0.1) is 11.1 Å². The first-order valence-electron chi connectivity index (χ1n) is 7.77. The summed E-state index contributed by atoms with van der Waals surface area (Å²) in [6.07, 6.45) is 1.70. The van der Waals surface area contributed by atoms with Crippen LogP contribution in [-0.2, 0) is 0 Å². The molecule has 1 aromatic heterocycles. The van der Waals surface area contributed by atoms with Crippen LogP contribution in [0.5, 0.6) is 0 Å². The predicted octanol–water partition coefficient (Wildman–Crippen LogP) is 4.38. The van der Waals surface area contributed by atoms with E-state index >= 15 is 0 Å². The minimum absolute atomic E-state index is 0.0657. The average molecular weight is 331 g/mol. The van der Waals surface area contributed by atoms with Gasteiger partial charge in [0.25, 0.3) is 5.91 Å². The van der Waals surface area contributed by atoms with Gasteiger partial charge in [-0.05, 0) is 52.9 Å². The fourth-order valence-corrected chi connectivity index (χ4v) is 3.21. The molecule has 0 radical (unpaired) electrons. The van der Waals surface area contributed by atoms with Gasteiger partial charge in [-0.2, -0.15) is 11.3 Å². The van der Waals surface area contributed by atoms with E-state index < -0.39 is 5.97 Å². The molecule has 0 unspecified atom stereocenters. The van der Waals surface area contributed by atoms with E-state index in [1.54, 1.807) is 28.4 Å². The van der Waals surface area contributed by atoms with Crippen molar-refractivity contribution in [1.29, 1.82) is 0 Å². The lowest BCUT2D eigenvalue weighted by atomic mass is 9.99. The summed E-state index contributed by atoms with van der Waals surface area (Å²) in [4.78, 5) is 26.1. The van der Waals surface area contributed by atoms with Crippen LogP contribution in [-0.4, -0.2) is 35.0 Å². The molecule has 0 saturated carbocycles. The maximum Gasteiger partial charge on any atom is 0.336 e. The largest absolute Gasteiger partial charge is 0.478 e. The molecule has 0 aliphatic carbocycles. The first-order valence-corrected chi connectivity index (χ1v) is 8.72. The van der Waals surface area contributed by atoms with Gasteiger partial charge in [-0.15, -0.1) is 0 Å². The lowest BCUT2D eigenvalue weighted by molar-refractivity contribution is 0.0675. The number of carbonyl (C=O) groups excluding carboxylic acids is 1. The highest BCUT2D eigenvalue weighted by molar-refractivity contribution is 7.08. The van der Waals surface area contributed by atoms with E-state index in [-0.39, 0.29) is 17.0 Å². The van der Waals surface area contributed by atoms with Crippen LogP contribution in [0, 0.1) is 0 Å². The molecule has 2 rings (SSSR count). The molecule has 23 heavy (non-hydrogen) atoms. The Morgan fingerprint density at radius 2 is 1.74 bits per heavy atom. The Kier molecular flexibility index (Phi) is 5.93. The molecule has 0 saturated heterocycles. The minimum Gasteiger partial charge on any atom is -0.478 e. The van der Waals surface area contributed by atoms with E-state index in [0.29, 0.717) is 13.1 Å². The molecule has 0 fully saturated rings. The van der Waals surface area contributed by atoms with Crippen LogP contribution >= 0.6 is 11.3 Å². The summed E-state index contributed by atoms with van der Waals surface area (Å²) in [5.74, 6) is -1.28. The van der Waals surface area contributed by atoms with E-state index in [1.807, 2.05) is 36.7 Å². The van der Waals surface area contributed by atoms with E-state index in [0.717, 1.165) is 24.0 Å². The van der Waals surface area contributed by atoms with E-state index in [2.05, 4.69) is 0 Å². The number of benzene rings is 1. The summed E-state index contributed by atoms with van der Waals surface area (Å²) < 4.78 is 0. The molecule has 0 aliphatic rings. The van der Waals surface area contributed by atoms with Crippen LogP contribution < -0.4 is 0 Å². The number of rotatable bonds is 7. The second kappa shape index (κ2) is 7.92. The van der Waals surface area contributed by atoms with Crippen LogP contribution in [0.4, 0.5) is 0 Å². The quantitative estimate of drug-likeness (QED) is 0.819. The number of carboxylic acids is 1. The van der Waals surface area contributed by atoms with Crippen molar-refractivity contribution < 1.29 is 14.7 Å². The molecule has 4 nitrogen and oxygen atoms in total.